The number of aliphatic imine (C=N–C) groups is 1. The van der Waals surface area contributed by atoms with E-state index in [-0.39, 0.29) is 30.6 Å². The van der Waals surface area contributed by atoms with E-state index >= 15 is 0 Å². The van der Waals surface area contributed by atoms with Crippen LogP contribution in [0, 0.1) is 12.7 Å². The van der Waals surface area contributed by atoms with Crippen LogP contribution in [-0.2, 0) is 6.42 Å². The molecular weight excluding hydrogens is 480 g/mol. The van der Waals surface area contributed by atoms with Crippen LogP contribution >= 0.6 is 36.2 Å². The second kappa shape index (κ2) is 10.8. The van der Waals surface area contributed by atoms with E-state index in [2.05, 4.69) is 28.2 Å². The number of hydrogen-bond donors (Lipinski definition) is 1. The number of aryl methyl sites for hydroxylation is 2. The summed E-state index contributed by atoms with van der Waals surface area (Å²) in [5.41, 5.74) is 3.94. The number of para-hydroxylation sites is 2. The number of nitrogens with one attached hydrogen (secondary N) is 1. The first-order valence-corrected chi connectivity index (χ1v) is 11.5. The fourth-order valence-corrected chi connectivity index (χ4v) is 5.15. The summed E-state index contributed by atoms with van der Waals surface area (Å²) in [5, 5.41) is 5.61. The van der Waals surface area contributed by atoms with Crippen LogP contribution in [0.4, 0.5) is 20.8 Å². The Labute approximate surface area is 210 Å². The van der Waals surface area contributed by atoms with Crippen LogP contribution in [0.25, 0.3) is 0 Å². The highest BCUT2D eigenvalue weighted by Crippen LogP contribution is 2.37. The molecule has 2 aromatic carbocycles. The number of amidine groups is 1. The van der Waals surface area contributed by atoms with Gasteiger partial charge in [-0.15, -0.1) is 36.2 Å². The maximum absolute atomic E-state index is 13.6. The molecule has 5 nitrogen and oxygen atoms in total. The number of fused-ring (bicyclic) bond motifs is 2. The number of halogens is 3. The molecule has 3 heterocycles. The van der Waals surface area contributed by atoms with Crippen LogP contribution in [0.1, 0.15) is 22.7 Å². The Morgan fingerprint density at radius 2 is 1.94 bits per heavy atom. The van der Waals surface area contributed by atoms with Crippen molar-refractivity contribution in [1.82, 2.24) is 14.8 Å². The van der Waals surface area contributed by atoms with Gasteiger partial charge in [0.2, 0.25) is 0 Å². The molecule has 33 heavy (non-hydrogen) atoms. The minimum absolute atomic E-state index is 0. The predicted molar refractivity (Wildman–Crippen MR) is 140 cm³/mol. The van der Waals surface area contributed by atoms with E-state index in [1.807, 2.05) is 31.2 Å². The van der Waals surface area contributed by atoms with Gasteiger partial charge in [0.15, 0.2) is 5.84 Å². The van der Waals surface area contributed by atoms with Gasteiger partial charge in [-0.2, -0.15) is 0 Å². The molecule has 0 spiro atoms. The summed E-state index contributed by atoms with van der Waals surface area (Å²) >= 11 is 1.67. The number of benzene rings is 2. The summed E-state index contributed by atoms with van der Waals surface area (Å²) in [7, 11) is 2.18. The van der Waals surface area contributed by atoms with Crippen LogP contribution in [0.15, 0.2) is 53.5 Å². The first-order valence-electron chi connectivity index (χ1n) is 10.7. The molecule has 1 atom stereocenters. The molecule has 2 aliphatic heterocycles. The lowest BCUT2D eigenvalue weighted by Crippen LogP contribution is -2.53. The zero-order valence-corrected chi connectivity index (χ0v) is 21.1. The average Bonchev–Trinajstić information content (AvgIpc) is 3.05. The van der Waals surface area contributed by atoms with Gasteiger partial charge in [0.05, 0.1) is 16.4 Å². The number of rotatable bonds is 3. The molecule has 0 bridgehead atoms. The molecule has 176 valence electrons. The van der Waals surface area contributed by atoms with E-state index in [4.69, 9.17) is 9.98 Å². The van der Waals surface area contributed by atoms with Crippen molar-refractivity contribution in [3.05, 3.63) is 70.6 Å². The number of hydrogen-bond acceptors (Lipinski definition) is 6. The first kappa shape index (κ1) is 25.4. The van der Waals surface area contributed by atoms with Crippen LogP contribution in [0.2, 0.25) is 0 Å². The second-order valence-corrected chi connectivity index (χ2v) is 9.44. The van der Waals surface area contributed by atoms with Gasteiger partial charge in [0, 0.05) is 25.7 Å². The van der Waals surface area contributed by atoms with Crippen LogP contribution in [0.5, 0.6) is 0 Å². The summed E-state index contributed by atoms with van der Waals surface area (Å²) in [5.74, 6) is 0.780. The Kier molecular flexibility index (Phi) is 8.34. The fourth-order valence-electron chi connectivity index (χ4n) is 4.33. The first-order chi connectivity index (χ1) is 15.1. The third-order valence-corrected chi connectivity index (χ3v) is 6.94. The third-order valence-electron chi connectivity index (χ3n) is 6.06. The van der Waals surface area contributed by atoms with Crippen LogP contribution in [-0.4, -0.2) is 53.3 Å². The predicted octanol–water partition coefficient (Wildman–Crippen LogP) is 5.82. The van der Waals surface area contributed by atoms with Crippen molar-refractivity contribution in [2.75, 3.05) is 32.0 Å². The lowest BCUT2D eigenvalue weighted by molar-refractivity contribution is 0.134. The zero-order chi connectivity index (χ0) is 21.4. The molecule has 0 amide bonds. The van der Waals surface area contributed by atoms with Crippen molar-refractivity contribution in [3.63, 3.8) is 0 Å². The van der Waals surface area contributed by atoms with Crippen LogP contribution in [0.3, 0.4) is 0 Å². The molecule has 1 saturated heterocycles. The Balaban J connectivity index is 0.00000153. The van der Waals surface area contributed by atoms with Crippen molar-refractivity contribution < 1.29 is 4.39 Å². The number of anilines is 2. The molecule has 3 aromatic rings. The maximum atomic E-state index is 13.6. The third kappa shape index (κ3) is 5.49. The van der Waals surface area contributed by atoms with Crippen molar-refractivity contribution in [1.29, 1.82) is 0 Å². The van der Waals surface area contributed by atoms with E-state index in [1.165, 1.54) is 6.07 Å². The van der Waals surface area contributed by atoms with E-state index in [9.17, 15) is 4.39 Å². The van der Waals surface area contributed by atoms with Crippen LogP contribution < -0.4 is 5.32 Å². The van der Waals surface area contributed by atoms with Gasteiger partial charge in [0.25, 0.3) is 0 Å². The summed E-state index contributed by atoms with van der Waals surface area (Å²) in [4.78, 5) is 14.7. The smallest absolute Gasteiger partial charge is 0.158 e. The molecule has 1 aromatic heterocycles. The van der Waals surface area contributed by atoms with E-state index < -0.39 is 0 Å². The quantitative estimate of drug-likeness (QED) is 0.485. The molecule has 0 saturated carbocycles. The Morgan fingerprint density at radius 3 is 2.76 bits per heavy atom. The van der Waals surface area contributed by atoms with Gasteiger partial charge in [-0.05, 0) is 56.6 Å². The Bertz CT molecular complexity index is 1140. The number of aromatic nitrogens is 1. The van der Waals surface area contributed by atoms with Crippen molar-refractivity contribution in [2.24, 2.45) is 4.99 Å². The highest BCUT2D eigenvalue weighted by molar-refractivity contribution is 7.16. The van der Waals surface area contributed by atoms with Gasteiger partial charge in [0.1, 0.15) is 16.5 Å². The number of thiazole rings is 1. The second-order valence-electron chi connectivity index (χ2n) is 8.24. The van der Waals surface area contributed by atoms with Crippen molar-refractivity contribution in [3.8, 4) is 0 Å². The molecule has 5 rings (SSSR count). The van der Waals surface area contributed by atoms with Gasteiger partial charge in [-0.3, -0.25) is 4.90 Å². The maximum Gasteiger partial charge on any atom is 0.158 e. The molecule has 2 aliphatic rings. The lowest BCUT2D eigenvalue weighted by Gasteiger charge is -2.40. The zero-order valence-electron chi connectivity index (χ0n) is 18.6. The molecule has 0 unspecified atom stereocenters. The van der Waals surface area contributed by atoms with Crippen molar-refractivity contribution in [2.45, 2.75) is 25.8 Å². The Morgan fingerprint density at radius 1 is 1.12 bits per heavy atom. The molecule has 9 heteroatoms. The van der Waals surface area contributed by atoms with E-state index in [0.29, 0.717) is 6.04 Å². The van der Waals surface area contributed by atoms with E-state index in [0.717, 1.165) is 71.0 Å². The molecule has 0 radical (unpaired) electrons. The summed E-state index contributed by atoms with van der Waals surface area (Å²) in [6.07, 6.45) is 1.83. The normalized spacial score (nSPS) is 17.5. The summed E-state index contributed by atoms with van der Waals surface area (Å²) in [6, 6.07) is 15.5. The number of likely N-dealkylation sites (N-methyl/N-ethyl adjacent to an activating group) is 1. The highest BCUT2D eigenvalue weighted by Gasteiger charge is 2.30. The van der Waals surface area contributed by atoms with Crippen molar-refractivity contribution >= 4 is 58.4 Å². The van der Waals surface area contributed by atoms with Gasteiger partial charge >= 0.3 is 0 Å². The fraction of sp³-hybridized carbons (Fsp3) is 0.333. The van der Waals surface area contributed by atoms with E-state index in [1.54, 1.807) is 23.5 Å². The minimum atomic E-state index is -0.165. The topological polar surface area (TPSA) is 43.8 Å². The number of nitrogens with zero attached hydrogens (tertiary/aromatic N) is 4. The van der Waals surface area contributed by atoms with Gasteiger partial charge in [-0.1, -0.05) is 24.3 Å². The molecule has 0 aliphatic carbocycles. The highest BCUT2D eigenvalue weighted by atomic mass is 35.5. The molecular formula is C24H28Cl2FN5S. The summed E-state index contributed by atoms with van der Waals surface area (Å²) < 4.78 is 13.6. The largest absolute Gasteiger partial charge is 0.352 e. The SMILES string of the molecule is Cc1nc2c(s1)Nc1ccccc1N=C2N1CCN(C)[C@@H](CCc2cccc(F)c2)C1.Cl.Cl. The number of piperazine rings is 1. The summed E-state index contributed by atoms with van der Waals surface area (Å²) in [6.45, 7) is 4.78. The average molecular weight is 508 g/mol. The monoisotopic (exact) mass is 507 g/mol. The minimum Gasteiger partial charge on any atom is -0.352 e. The van der Waals surface area contributed by atoms with Gasteiger partial charge < -0.3 is 10.2 Å². The molecule has 1 N–H and O–H groups in total. The standard InChI is InChI=1S/C24H26FN5S.2ClH/c1-16-26-22-23(27-20-8-3-4-9-21(20)28-24(22)31-16)30-13-12-29(2)19(15-30)11-10-17-6-5-7-18(25)14-17;;/h3-9,14,19,28H,10-13,15H2,1-2H3;2*1H/t19-;;/m0../s1. The lowest BCUT2D eigenvalue weighted by atomic mass is 10.0. The Hall–Kier alpha value is -2.19. The molecule has 1 fully saturated rings. The van der Waals surface area contributed by atoms with Gasteiger partial charge in [-0.25, -0.2) is 14.4 Å².